The summed E-state index contributed by atoms with van der Waals surface area (Å²) >= 11 is 0. The zero-order chi connectivity index (χ0) is 26.4. The fourth-order valence-electron chi connectivity index (χ4n) is 9.13. The second-order valence-electron chi connectivity index (χ2n) is 13.4. The van der Waals surface area contributed by atoms with Gasteiger partial charge in [-0.05, 0) is 66.8 Å². The van der Waals surface area contributed by atoms with Crippen LogP contribution in [0.3, 0.4) is 0 Å². The number of allylic oxidation sites excluding steroid dienone is 1. The Bertz CT molecular complexity index is 905. The molecule has 5 nitrogen and oxygen atoms in total. The van der Waals surface area contributed by atoms with Gasteiger partial charge in [0.25, 0.3) is 0 Å². The molecule has 0 spiro atoms. The highest BCUT2D eigenvalue weighted by Crippen LogP contribution is 2.67. The van der Waals surface area contributed by atoms with Crippen LogP contribution in [0.1, 0.15) is 106 Å². The smallest absolute Gasteiger partial charge is 0.302 e. The molecule has 0 aromatic carbocycles. The van der Waals surface area contributed by atoms with Crippen LogP contribution in [0.25, 0.3) is 0 Å². The molecule has 0 heterocycles. The lowest BCUT2D eigenvalue weighted by Gasteiger charge is -2.59. The highest BCUT2D eigenvalue weighted by Gasteiger charge is 2.64. The number of rotatable bonds is 7. The normalized spacial score (nSPS) is 40.6. The average molecular weight is 501 g/mol. The predicted octanol–water partition coefficient (Wildman–Crippen LogP) is 6.68. The van der Waals surface area contributed by atoms with Crippen LogP contribution < -0.4 is 0 Å². The molecule has 3 saturated carbocycles. The van der Waals surface area contributed by atoms with Crippen molar-refractivity contribution in [1.29, 1.82) is 0 Å². The van der Waals surface area contributed by atoms with Gasteiger partial charge in [0.05, 0.1) is 0 Å². The molecule has 0 aromatic heterocycles. The van der Waals surface area contributed by atoms with Crippen molar-refractivity contribution >= 4 is 17.7 Å². The maximum atomic E-state index is 13.8. The summed E-state index contributed by atoms with van der Waals surface area (Å²) in [5, 5.41) is 0. The fraction of sp³-hybridized carbons (Fsp3) is 0.839. The van der Waals surface area contributed by atoms with E-state index in [1.165, 1.54) is 39.5 Å². The predicted molar refractivity (Wildman–Crippen MR) is 140 cm³/mol. The highest BCUT2D eigenvalue weighted by molar-refractivity contribution is 5.94. The van der Waals surface area contributed by atoms with E-state index in [0.717, 1.165) is 30.8 Å². The molecule has 0 saturated heterocycles. The van der Waals surface area contributed by atoms with E-state index >= 15 is 0 Å². The molecule has 9 atom stereocenters. The minimum Gasteiger partial charge on any atom is -0.462 e. The van der Waals surface area contributed by atoms with Crippen molar-refractivity contribution in [3.05, 3.63) is 11.6 Å². The second-order valence-corrected chi connectivity index (χ2v) is 13.4. The maximum Gasteiger partial charge on any atom is 0.302 e. The van der Waals surface area contributed by atoms with Crippen molar-refractivity contribution in [2.75, 3.05) is 0 Å². The van der Waals surface area contributed by atoms with E-state index in [4.69, 9.17) is 9.47 Å². The number of hydrogen-bond donors (Lipinski definition) is 0. The molecule has 5 heteroatoms. The third kappa shape index (κ3) is 4.80. The number of esters is 2. The molecule has 3 fully saturated rings. The highest BCUT2D eigenvalue weighted by atomic mass is 16.6. The van der Waals surface area contributed by atoms with Crippen LogP contribution in [0.15, 0.2) is 11.6 Å². The summed E-state index contributed by atoms with van der Waals surface area (Å²) in [6.45, 7) is 14.6. The standard InChI is InChI=1S/C31H48O5/c1-18(2)9-8-10-19(3)24-11-12-25-29-26(13-14-30(24,25)6)31(7)22(16-27(29)34)15-23(35-20(4)32)17-28(31)36-21(5)33/h16,18-19,23-26,28-29H,8-15,17H2,1-7H3/t19-,23-,24-,25+,26+,28+,29+,30-,31+/m1/s1. The van der Waals surface area contributed by atoms with Gasteiger partial charge in [0.2, 0.25) is 0 Å². The Morgan fingerprint density at radius 3 is 2.33 bits per heavy atom. The van der Waals surface area contributed by atoms with Gasteiger partial charge in [0.1, 0.15) is 12.2 Å². The first kappa shape index (κ1) is 27.4. The van der Waals surface area contributed by atoms with Gasteiger partial charge in [-0.1, -0.05) is 59.5 Å². The molecule has 4 rings (SSSR count). The van der Waals surface area contributed by atoms with Gasteiger partial charge in [-0.15, -0.1) is 0 Å². The number of carbonyl (C=O) groups excluding carboxylic acids is 3. The lowest BCUT2D eigenvalue weighted by Crippen LogP contribution is -2.59. The molecule has 202 valence electrons. The molecular formula is C31H48O5. The van der Waals surface area contributed by atoms with Gasteiger partial charge < -0.3 is 9.47 Å². The Hall–Kier alpha value is -1.65. The van der Waals surface area contributed by atoms with Crippen LogP contribution in [0.2, 0.25) is 0 Å². The Labute approximate surface area is 218 Å². The number of carbonyl (C=O) groups is 3. The molecule has 0 aromatic rings. The molecule has 0 radical (unpaired) electrons. The summed E-state index contributed by atoms with van der Waals surface area (Å²) in [4.78, 5) is 37.6. The third-order valence-electron chi connectivity index (χ3n) is 10.8. The minimum atomic E-state index is -0.386. The van der Waals surface area contributed by atoms with E-state index in [-0.39, 0.29) is 52.6 Å². The number of hydrogen-bond acceptors (Lipinski definition) is 5. The number of ketones is 1. The summed E-state index contributed by atoms with van der Waals surface area (Å²) in [6.07, 6.45) is 10.5. The van der Waals surface area contributed by atoms with Gasteiger partial charge >= 0.3 is 11.9 Å². The summed E-state index contributed by atoms with van der Waals surface area (Å²) in [7, 11) is 0. The van der Waals surface area contributed by atoms with Crippen LogP contribution in [0, 0.1) is 46.3 Å². The lowest BCUT2D eigenvalue weighted by molar-refractivity contribution is -0.173. The van der Waals surface area contributed by atoms with E-state index in [0.29, 0.717) is 30.6 Å². The topological polar surface area (TPSA) is 69.7 Å². The first-order valence-electron chi connectivity index (χ1n) is 14.5. The summed E-state index contributed by atoms with van der Waals surface area (Å²) in [5.74, 6) is 2.26. The molecule has 0 aliphatic heterocycles. The van der Waals surface area contributed by atoms with Crippen molar-refractivity contribution in [2.45, 2.75) is 118 Å². The van der Waals surface area contributed by atoms with Gasteiger partial charge in [-0.3, -0.25) is 14.4 Å². The molecule has 4 aliphatic rings. The monoisotopic (exact) mass is 500 g/mol. The third-order valence-corrected chi connectivity index (χ3v) is 10.8. The quantitative estimate of drug-likeness (QED) is 0.365. The Morgan fingerprint density at radius 2 is 1.69 bits per heavy atom. The van der Waals surface area contributed by atoms with Crippen molar-refractivity contribution < 1.29 is 23.9 Å². The van der Waals surface area contributed by atoms with E-state index < -0.39 is 0 Å². The average Bonchev–Trinajstić information content (AvgIpc) is 3.11. The fourth-order valence-corrected chi connectivity index (χ4v) is 9.13. The zero-order valence-corrected chi connectivity index (χ0v) is 23.6. The minimum absolute atomic E-state index is 0.00584. The first-order valence-corrected chi connectivity index (χ1v) is 14.5. The Kier molecular flexibility index (Phi) is 7.80. The zero-order valence-electron chi connectivity index (χ0n) is 23.6. The van der Waals surface area contributed by atoms with Crippen molar-refractivity contribution in [1.82, 2.24) is 0 Å². The maximum absolute atomic E-state index is 13.8. The van der Waals surface area contributed by atoms with Crippen LogP contribution >= 0.6 is 0 Å². The van der Waals surface area contributed by atoms with Gasteiger partial charge in [-0.25, -0.2) is 0 Å². The van der Waals surface area contributed by atoms with Crippen molar-refractivity contribution in [3.8, 4) is 0 Å². The molecule has 0 unspecified atom stereocenters. The summed E-state index contributed by atoms with van der Waals surface area (Å²) in [5.41, 5.74) is 0.822. The first-order chi connectivity index (χ1) is 16.9. The van der Waals surface area contributed by atoms with Crippen LogP contribution in [-0.4, -0.2) is 29.9 Å². The van der Waals surface area contributed by atoms with Gasteiger partial charge in [-0.2, -0.15) is 0 Å². The molecule has 0 bridgehead atoms. The lowest BCUT2D eigenvalue weighted by atomic mass is 9.46. The summed E-state index contributed by atoms with van der Waals surface area (Å²) < 4.78 is 11.5. The molecule has 0 amide bonds. The number of ether oxygens (including phenoxy) is 2. The van der Waals surface area contributed by atoms with E-state index in [2.05, 4.69) is 34.6 Å². The van der Waals surface area contributed by atoms with Crippen LogP contribution in [0.5, 0.6) is 0 Å². The van der Waals surface area contributed by atoms with Crippen molar-refractivity contribution in [3.63, 3.8) is 0 Å². The molecule has 36 heavy (non-hydrogen) atoms. The van der Waals surface area contributed by atoms with Crippen LogP contribution in [0.4, 0.5) is 0 Å². The van der Waals surface area contributed by atoms with Crippen LogP contribution in [-0.2, 0) is 23.9 Å². The number of fused-ring (bicyclic) bond motifs is 5. The molecular weight excluding hydrogens is 452 g/mol. The summed E-state index contributed by atoms with van der Waals surface area (Å²) in [6, 6.07) is 0. The van der Waals surface area contributed by atoms with Gasteiger partial charge in [0.15, 0.2) is 5.78 Å². The Morgan fingerprint density at radius 1 is 1.00 bits per heavy atom. The largest absolute Gasteiger partial charge is 0.462 e. The SMILES string of the molecule is CC(=O)O[C@@H]1CC2=CC(=O)[C@H]3[C@@H]4CC[C@H]([C@H](C)CCCC(C)C)[C@@]4(C)CC[C@@H]3[C@@]2(C)[C@@H](OC(C)=O)C1. The molecule has 4 aliphatic carbocycles. The second kappa shape index (κ2) is 10.3. The van der Waals surface area contributed by atoms with E-state index in [1.54, 1.807) is 0 Å². The van der Waals surface area contributed by atoms with Gasteiger partial charge in [0, 0.05) is 38.0 Å². The molecule has 0 N–H and O–H groups in total. The van der Waals surface area contributed by atoms with E-state index in [1.807, 2.05) is 6.08 Å². The van der Waals surface area contributed by atoms with E-state index in [9.17, 15) is 14.4 Å². The Balaban J connectivity index is 1.61. The van der Waals surface area contributed by atoms with Crippen molar-refractivity contribution in [2.24, 2.45) is 46.3 Å².